The summed E-state index contributed by atoms with van der Waals surface area (Å²) in [7, 11) is 0. The van der Waals surface area contributed by atoms with E-state index >= 15 is 0 Å². The molecule has 200 valence electrons. The number of carbonyl (C=O) groups excluding carboxylic acids is 3. The van der Waals surface area contributed by atoms with E-state index in [0.29, 0.717) is 39.3 Å². The number of nitrogens with one attached hydrogen (secondary N) is 2. The van der Waals surface area contributed by atoms with Gasteiger partial charge in [0.1, 0.15) is 0 Å². The molecule has 9 nitrogen and oxygen atoms in total. The van der Waals surface area contributed by atoms with Crippen molar-refractivity contribution in [3.63, 3.8) is 0 Å². The molecule has 0 unspecified atom stereocenters. The van der Waals surface area contributed by atoms with Crippen molar-refractivity contribution in [1.82, 2.24) is 20.8 Å². The van der Waals surface area contributed by atoms with Gasteiger partial charge in [0.25, 0.3) is 5.91 Å². The summed E-state index contributed by atoms with van der Waals surface area (Å²) in [6, 6.07) is 9.65. The minimum absolute atomic E-state index is 0.121. The molecular weight excluding hydrogens is 460 g/mol. The minimum atomic E-state index is -0.799. The van der Waals surface area contributed by atoms with Crippen LogP contribution in [0.4, 0.5) is 0 Å². The van der Waals surface area contributed by atoms with Crippen LogP contribution in [0.5, 0.6) is 0 Å². The third-order valence-electron chi connectivity index (χ3n) is 6.05. The number of hydrogen-bond donors (Lipinski definition) is 3. The zero-order valence-electron chi connectivity index (χ0n) is 22.0. The summed E-state index contributed by atoms with van der Waals surface area (Å²) in [4.78, 5) is 41.3. The molecule has 2 rings (SSSR count). The van der Waals surface area contributed by atoms with E-state index in [9.17, 15) is 19.6 Å². The van der Waals surface area contributed by atoms with Gasteiger partial charge in [-0.3, -0.25) is 34.9 Å². The Balaban J connectivity index is 2.19. The molecule has 0 aliphatic carbocycles. The van der Waals surface area contributed by atoms with Crippen molar-refractivity contribution >= 4 is 23.8 Å². The number of morpholine rings is 1. The van der Waals surface area contributed by atoms with E-state index in [2.05, 4.69) is 5.43 Å². The molecule has 1 aromatic carbocycles. The molecule has 1 aliphatic heterocycles. The first kappa shape index (κ1) is 29.5. The molecule has 1 aliphatic rings. The molecule has 1 heterocycles. The van der Waals surface area contributed by atoms with Gasteiger partial charge in [-0.1, -0.05) is 70.2 Å². The van der Waals surface area contributed by atoms with Crippen molar-refractivity contribution in [1.29, 1.82) is 0 Å². The number of hydrazine groups is 1. The van der Waals surface area contributed by atoms with Crippen LogP contribution in [0.25, 0.3) is 6.08 Å². The Labute approximate surface area is 214 Å². The van der Waals surface area contributed by atoms with Crippen molar-refractivity contribution < 1.29 is 24.3 Å². The van der Waals surface area contributed by atoms with Crippen molar-refractivity contribution in [3.05, 3.63) is 42.0 Å². The van der Waals surface area contributed by atoms with Crippen LogP contribution in [0.3, 0.4) is 0 Å². The summed E-state index contributed by atoms with van der Waals surface area (Å²) in [6.45, 7) is 10.9. The van der Waals surface area contributed by atoms with Crippen LogP contribution in [0.15, 0.2) is 36.4 Å². The van der Waals surface area contributed by atoms with Gasteiger partial charge in [-0.05, 0) is 30.2 Å². The van der Waals surface area contributed by atoms with E-state index in [4.69, 9.17) is 4.74 Å². The van der Waals surface area contributed by atoms with Gasteiger partial charge in [0.2, 0.25) is 11.8 Å². The van der Waals surface area contributed by atoms with Crippen molar-refractivity contribution in [2.24, 2.45) is 23.7 Å². The molecule has 2 atom stereocenters. The van der Waals surface area contributed by atoms with E-state index in [1.807, 2.05) is 75.1 Å². The highest BCUT2D eigenvalue weighted by Crippen LogP contribution is 2.25. The predicted octanol–water partition coefficient (Wildman–Crippen LogP) is 2.72. The normalized spacial score (nSPS) is 16.2. The molecule has 3 N–H and O–H groups in total. The van der Waals surface area contributed by atoms with Crippen LogP contribution in [0.2, 0.25) is 0 Å². The fourth-order valence-corrected chi connectivity index (χ4v) is 4.24. The number of carbonyl (C=O) groups is 3. The van der Waals surface area contributed by atoms with Gasteiger partial charge >= 0.3 is 0 Å². The standard InChI is InChI=1S/C27H42N4O5/c1-20(2)17-24(23(27(34)29-35)12-8-11-22-9-6-5-7-10-22)26(33)28-31(18-21(3)4)25(32)19-30-13-15-36-16-14-30/h5-11,20-21,23-24,35H,12-19H2,1-4H3,(H,28,33)(H,29,34)/t23-,24+/m0/s1. The quantitative estimate of drug-likeness (QED) is 0.299. The van der Waals surface area contributed by atoms with E-state index in [-0.39, 0.29) is 30.7 Å². The van der Waals surface area contributed by atoms with Crippen molar-refractivity contribution in [3.8, 4) is 0 Å². The Kier molecular flexibility index (Phi) is 12.6. The molecule has 0 saturated carbocycles. The summed E-state index contributed by atoms with van der Waals surface area (Å²) in [5.74, 6) is -2.50. The van der Waals surface area contributed by atoms with Crippen LogP contribution < -0.4 is 10.9 Å². The highest BCUT2D eigenvalue weighted by Gasteiger charge is 2.35. The molecule has 0 bridgehead atoms. The number of nitrogens with zero attached hydrogens (tertiary/aromatic N) is 2. The molecule has 1 fully saturated rings. The molecular formula is C27H42N4O5. The summed E-state index contributed by atoms with van der Waals surface area (Å²) in [6.07, 6.45) is 4.42. The number of benzene rings is 1. The van der Waals surface area contributed by atoms with E-state index in [1.54, 1.807) is 5.48 Å². The number of ether oxygens (including phenoxy) is 1. The molecule has 3 amide bonds. The van der Waals surface area contributed by atoms with Crippen LogP contribution in [-0.2, 0) is 19.1 Å². The lowest BCUT2D eigenvalue weighted by Gasteiger charge is -2.32. The summed E-state index contributed by atoms with van der Waals surface area (Å²) < 4.78 is 5.36. The van der Waals surface area contributed by atoms with E-state index < -0.39 is 23.7 Å². The van der Waals surface area contributed by atoms with Gasteiger partial charge in [-0.15, -0.1) is 0 Å². The highest BCUT2D eigenvalue weighted by atomic mass is 16.5. The van der Waals surface area contributed by atoms with Crippen molar-refractivity contribution in [2.75, 3.05) is 39.4 Å². The second kappa shape index (κ2) is 15.4. The van der Waals surface area contributed by atoms with Gasteiger partial charge in [-0.2, -0.15) is 0 Å². The lowest BCUT2D eigenvalue weighted by molar-refractivity contribution is -0.148. The Morgan fingerprint density at radius 2 is 1.69 bits per heavy atom. The molecule has 36 heavy (non-hydrogen) atoms. The number of allylic oxidation sites excluding steroid dienone is 1. The Morgan fingerprint density at radius 1 is 1.03 bits per heavy atom. The van der Waals surface area contributed by atoms with Crippen LogP contribution in [-0.4, -0.2) is 72.2 Å². The van der Waals surface area contributed by atoms with Crippen LogP contribution >= 0.6 is 0 Å². The molecule has 0 radical (unpaired) electrons. The second-order valence-corrected chi connectivity index (χ2v) is 10.1. The largest absolute Gasteiger partial charge is 0.379 e. The highest BCUT2D eigenvalue weighted by molar-refractivity contribution is 5.89. The van der Waals surface area contributed by atoms with Gasteiger partial charge in [-0.25, -0.2) is 5.48 Å². The maximum absolute atomic E-state index is 13.5. The Hall–Kier alpha value is -2.75. The first-order chi connectivity index (χ1) is 17.2. The maximum atomic E-state index is 13.5. The number of rotatable bonds is 12. The second-order valence-electron chi connectivity index (χ2n) is 10.1. The van der Waals surface area contributed by atoms with Gasteiger partial charge in [0.05, 0.1) is 31.6 Å². The monoisotopic (exact) mass is 502 g/mol. The first-order valence-corrected chi connectivity index (χ1v) is 12.8. The zero-order chi connectivity index (χ0) is 26.5. The third kappa shape index (κ3) is 10.1. The fraction of sp³-hybridized carbons (Fsp3) is 0.593. The molecule has 1 aromatic rings. The predicted molar refractivity (Wildman–Crippen MR) is 138 cm³/mol. The zero-order valence-corrected chi connectivity index (χ0v) is 22.0. The number of amides is 3. The summed E-state index contributed by atoms with van der Waals surface area (Å²) in [5.41, 5.74) is 5.52. The maximum Gasteiger partial charge on any atom is 0.255 e. The summed E-state index contributed by atoms with van der Waals surface area (Å²) in [5, 5.41) is 10.8. The molecule has 1 saturated heterocycles. The van der Waals surface area contributed by atoms with Gasteiger partial charge < -0.3 is 4.74 Å². The Bertz CT molecular complexity index is 853. The molecule has 0 aromatic heterocycles. The number of hydrogen-bond acceptors (Lipinski definition) is 6. The van der Waals surface area contributed by atoms with Gasteiger partial charge in [0, 0.05) is 19.6 Å². The average Bonchev–Trinajstić information content (AvgIpc) is 2.85. The summed E-state index contributed by atoms with van der Waals surface area (Å²) >= 11 is 0. The molecule has 9 heteroatoms. The van der Waals surface area contributed by atoms with Crippen molar-refractivity contribution in [2.45, 2.75) is 40.5 Å². The van der Waals surface area contributed by atoms with Crippen LogP contribution in [0.1, 0.15) is 46.1 Å². The lowest BCUT2D eigenvalue weighted by Crippen LogP contribution is -2.55. The average molecular weight is 503 g/mol. The molecule has 0 spiro atoms. The first-order valence-electron chi connectivity index (χ1n) is 12.8. The Morgan fingerprint density at radius 3 is 2.28 bits per heavy atom. The lowest BCUT2D eigenvalue weighted by atomic mass is 9.82. The smallest absolute Gasteiger partial charge is 0.255 e. The SMILES string of the molecule is CC(C)C[C@@H](C(=O)NN(CC(C)C)C(=O)CN1CCOCC1)[C@H](CC=Cc1ccccc1)C(=O)NO. The third-order valence-corrected chi connectivity index (χ3v) is 6.05. The number of hydroxylamine groups is 1. The van der Waals surface area contributed by atoms with E-state index in [0.717, 1.165) is 5.56 Å². The fourth-order valence-electron chi connectivity index (χ4n) is 4.24. The van der Waals surface area contributed by atoms with Crippen LogP contribution in [0, 0.1) is 23.7 Å². The van der Waals surface area contributed by atoms with Gasteiger partial charge in [0.15, 0.2) is 0 Å². The minimum Gasteiger partial charge on any atom is -0.379 e. The van der Waals surface area contributed by atoms with E-state index in [1.165, 1.54) is 5.01 Å². The topological polar surface area (TPSA) is 111 Å².